The minimum absolute atomic E-state index is 0.0382. The average Bonchev–Trinajstić information content (AvgIpc) is 2.90. The fraction of sp³-hybridized carbons (Fsp3) is 0.214. The summed E-state index contributed by atoms with van der Waals surface area (Å²) in [6.45, 7) is 3.88. The number of anilines is 2. The number of carbonyl (C=O) groups is 2. The van der Waals surface area contributed by atoms with E-state index in [0.717, 1.165) is 16.1 Å². The summed E-state index contributed by atoms with van der Waals surface area (Å²) in [4.78, 5) is 28.8. The van der Waals surface area contributed by atoms with Gasteiger partial charge in [0.2, 0.25) is 5.91 Å². The van der Waals surface area contributed by atoms with E-state index in [-0.39, 0.29) is 11.8 Å². The zero-order chi connectivity index (χ0) is 14.3. The number of hydrogen-bond acceptors (Lipinski definition) is 4. The van der Waals surface area contributed by atoms with Crippen LogP contribution in [-0.2, 0) is 11.2 Å². The lowest BCUT2D eigenvalue weighted by Gasteiger charge is -2.04. The molecule has 5 nitrogen and oxygen atoms in total. The molecule has 0 saturated heterocycles. The normalized spacial score (nSPS) is 13.0. The molecule has 0 atom stereocenters. The van der Waals surface area contributed by atoms with Gasteiger partial charge >= 0.3 is 0 Å². The molecular weight excluding hydrogens is 274 g/mol. The van der Waals surface area contributed by atoms with Crippen LogP contribution >= 0.6 is 11.3 Å². The third kappa shape index (κ3) is 2.30. The maximum atomic E-state index is 12.2. The second-order valence-corrected chi connectivity index (χ2v) is 5.91. The number of carbonyl (C=O) groups excluding carboxylic acids is 2. The van der Waals surface area contributed by atoms with E-state index in [1.165, 1.54) is 11.3 Å². The maximum absolute atomic E-state index is 12.2. The van der Waals surface area contributed by atoms with Crippen molar-refractivity contribution in [3.8, 4) is 0 Å². The summed E-state index contributed by atoms with van der Waals surface area (Å²) in [6.07, 6.45) is 0.377. The van der Waals surface area contributed by atoms with Crippen LogP contribution in [0.25, 0.3) is 0 Å². The molecular formula is C14H13N3O2S. The second kappa shape index (κ2) is 4.72. The molecule has 1 aliphatic heterocycles. The fourth-order valence-corrected chi connectivity index (χ4v) is 2.86. The van der Waals surface area contributed by atoms with E-state index >= 15 is 0 Å². The van der Waals surface area contributed by atoms with E-state index in [1.807, 2.05) is 13.8 Å². The van der Waals surface area contributed by atoms with Crippen LogP contribution in [0.3, 0.4) is 0 Å². The Hall–Kier alpha value is -2.21. The monoisotopic (exact) mass is 287 g/mol. The van der Waals surface area contributed by atoms with E-state index in [1.54, 1.807) is 18.2 Å². The highest BCUT2D eigenvalue weighted by Gasteiger charge is 2.19. The van der Waals surface area contributed by atoms with Gasteiger partial charge in [-0.05, 0) is 31.5 Å². The van der Waals surface area contributed by atoms with Gasteiger partial charge in [0.05, 0.1) is 12.1 Å². The number of hydrogen-bond donors (Lipinski definition) is 2. The first-order chi connectivity index (χ1) is 9.52. The smallest absolute Gasteiger partial charge is 0.257 e. The highest BCUT2D eigenvalue weighted by Crippen LogP contribution is 2.25. The summed E-state index contributed by atoms with van der Waals surface area (Å²) in [5.74, 6) is -0.258. The van der Waals surface area contributed by atoms with Gasteiger partial charge in [0.1, 0.15) is 0 Å². The number of fused-ring (bicyclic) bond motifs is 1. The molecule has 0 saturated carbocycles. The Labute approximate surface area is 120 Å². The Balaban J connectivity index is 1.81. The molecule has 0 spiro atoms. The molecule has 1 aromatic carbocycles. The first kappa shape index (κ1) is 12.8. The first-order valence-corrected chi connectivity index (χ1v) is 7.03. The van der Waals surface area contributed by atoms with Crippen LogP contribution < -0.4 is 10.6 Å². The van der Waals surface area contributed by atoms with Gasteiger partial charge in [-0.2, -0.15) is 0 Å². The van der Waals surface area contributed by atoms with E-state index in [4.69, 9.17) is 0 Å². The molecule has 0 fully saturated rings. The first-order valence-electron chi connectivity index (χ1n) is 6.21. The molecule has 102 valence electrons. The Bertz CT molecular complexity index is 702. The summed E-state index contributed by atoms with van der Waals surface area (Å²) in [6, 6.07) is 5.23. The van der Waals surface area contributed by atoms with E-state index in [0.29, 0.717) is 22.8 Å². The third-order valence-electron chi connectivity index (χ3n) is 3.25. The molecule has 1 aromatic heterocycles. The standard InChI is InChI=1S/C14H13N3O2S/c1-7-8(2)20-14(15-7)17-13(19)10-4-3-9-6-12(18)16-11(9)5-10/h3-5H,6H2,1-2H3,(H,16,18)(H,15,17,19). The van der Waals surface area contributed by atoms with Crippen LogP contribution in [0, 0.1) is 13.8 Å². The molecule has 0 radical (unpaired) electrons. The van der Waals surface area contributed by atoms with Gasteiger partial charge in [0, 0.05) is 16.1 Å². The number of nitrogens with zero attached hydrogens (tertiary/aromatic N) is 1. The molecule has 0 aliphatic carbocycles. The quantitative estimate of drug-likeness (QED) is 0.891. The molecule has 0 unspecified atom stereocenters. The molecule has 6 heteroatoms. The van der Waals surface area contributed by atoms with Crippen molar-refractivity contribution in [2.45, 2.75) is 20.3 Å². The molecule has 1 aliphatic rings. The van der Waals surface area contributed by atoms with Crippen molar-refractivity contribution < 1.29 is 9.59 Å². The number of aryl methyl sites for hydroxylation is 2. The van der Waals surface area contributed by atoms with Crippen LogP contribution in [0.2, 0.25) is 0 Å². The summed E-state index contributed by atoms with van der Waals surface area (Å²) >= 11 is 1.45. The Morgan fingerprint density at radius 1 is 1.40 bits per heavy atom. The van der Waals surface area contributed by atoms with Crippen LogP contribution in [0.4, 0.5) is 10.8 Å². The fourth-order valence-electron chi connectivity index (χ4n) is 2.05. The lowest BCUT2D eigenvalue weighted by Crippen LogP contribution is -2.12. The summed E-state index contributed by atoms with van der Waals surface area (Å²) in [5.41, 5.74) is 3.07. The summed E-state index contributed by atoms with van der Waals surface area (Å²) in [5, 5.41) is 6.11. The van der Waals surface area contributed by atoms with E-state index in [2.05, 4.69) is 15.6 Å². The number of amides is 2. The topological polar surface area (TPSA) is 71.1 Å². The number of aromatic nitrogens is 1. The van der Waals surface area contributed by atoms with Crippen molar-refractivity contribution in [3.05, 3.63) is 39.9 Å². The number of rotatable bonds is 2. The van der Waals surface area contributed by atoms with Crippen molar-refractivity contribution in [1.82, 2.24) is 4.98 Å². The molecule has 2 amide bonds. The highest BCUT2D eigenvalue weighted by molar-refractivity contribution is 7.15. The van der Waals surface area contributed by atoms with Gasteiger partial charge < -0.3 is 5.32 Å². The number of nitrogens with one attached hydrogen (secondary N) is 2. The van der Waals surface area contributed by atoms with Gasteiger partial charge in [-0.3, -0.25) is 14.9 Å². The zero-order valence-corrected chi connectivity index (χ0v) is 11.9. The lowest BCUT2D eigenvalue weighted by atomic mass is 10.1. The van der Waals surface area contributed by atoms with Crippen LogP contribution in [0.15, 0.2) is 18.2 Å². The van der Waals surface area contributed by atoms with Crippen molar-refractivity contribution in [2.24, 2.45) is 0 Å². The average molecular weight is 287 g/mol. The van der Waals surface area contributed by atoms with Crippen molar-refractivity contribution in [1.29, 1.82) is 0 Å². The largest absolute Gasteiger partial charge is 0.326 e. The molecule has 2 N–H and O–H groups in total. The minimum atomic E-state index is -0.220. The molecule has 2 heterocycles. The van der Waals surface area contributed by atoms with Crippen LogP contribution in [0.5, 0.6) is 0 Å². The number of benzene rings is 1. The Morgan fingerprint density at radius 3 is 2.90 bits per heavy atom. The maximum Gasteiger partial charge on any atom is 0.257 e. The lowest BCUT2D eigenvalue weighted by molar-refractivity contribution is -0.115. The predicted octanol–water partition coefficient (Wildman–Crippen LogP) is 2.51. The van der Waals surface area contributed by atoms with Crippen LogP contribution in [-0.4, -0.2) is 16.8 Å². The Morgan fingerprint density at radius 2 is 2.20 bits per heavy atom. The van der Waals surface area contributed by atoms with Gasteiger partial charge in [-0.1, -0.05) is 6.07 Å². The van der Waals surface area contributed by atoms with Crippen molar-refractivity contribution in [2.75, 3.05) is 10.6 Å². The van der Waals surface area contributed by atoms with Gasteiger partial charge in [0.25, 0.3) is 5.91 Å². The van der Waals surface area contributed by atoms with Gasteiger partial charge in [-0.15, -0.1) is 11.3 Å². The predicted molar refractivity (Wildman–Crippen MR) is 78.3 cm³/mol. The minimum Gasteiger partial charge on any atom is -0.326 e. The molecule has 2 aromatic rings. The van der Waals surface area contributed by atoms with Gasteiger partial charge in [-0.25, -0.2) is 4.98 Å². The molecule has 20 heavy (non-hydrogen) atoms. The van der Waals surface area contributed by atoms with E-state index in [9.17, 15) is 9.59 Å². The SMILES string of the molecule is Cc1nc(NC(=O)c2ccc3c(c2)NC(=O)C3)sc1C. The third-order valence-corrected chi connectivity index (χ3v) is 4.23. The van der Waals surface area contributed by atoms with Crippen molar-refractivity contribution >= 4 is 34.0 Å². The highest BCUT2D eigenvalue weighted by atomic mass is 32.1. The van der Waals surface area contributed by atoms with E-state index < -0.39 is 0 Å². The van der Waals surface area contributed by atoms with Gasteiger partial charge in [0.15, 0.2) is 5.13 Å². The second-order valence-electron chi connectivity index (χ2n) is 4.71. The summed E-state index contributed by atoms with van der Waals surface area (Å²) < 4.78 is 0. The molecule has 0 bridgehead atoms. The zero-order valence-electron chi connectivity index (χ0n) is 11.1. The molecule has 3 rings (SSSR count). The van der Waals surface area contributed by atoms with Crippen LogP contribution in [0.1, 0.15) is 26.5 Å². The Kier molecular flexibility index (Phi) is 3.02. The summed E-state index contributed by atoms with van der Waals surface area (Å²) in [7, 11) is 0. The number of thiazole rings is 1. The van der Waals surface area contributed by atoms with Crippen molar-refractivity contribution in [3.63, 3.8) is 0 Å².